The van der Waals surface area contributed by atoms with Crippen molar-refractivity contribution in [1.29, 1.82) is 0 Å². The molecule has 1 aliphatic rings. The molecule has 0 unspecified atom stereocenters. The van der Waals surface area contributed by atoms with Crippen molar-refractivity contribution < 1.29 is 9.53 Å². The van der Waals surface area contributed by atoms with Gasteiger partial charge in [0.1, 0.15) is 5.75 Å². The van der Waals surface area contributed by atoms with Crippen molar-refractivity contribution >= 4 is 39.8 Å². The van der Waals surface area contributed by atoms with Gasteiger partial charge in [0, 0.05) is 6.54 Å². The Hall–Kier alpha value is -1.80. The molecule has 0 bridgehead atoms. The highest BCUT2D eigenvalue weighted by Crippen LogP contribution is 2.33. The maximum atomic E-state index is 12.4. The topological polar surface area (TPSA) is 76.1 Å². The van der Waals surface area contributed by atoms with Crippen LogP contribution in [0.5, 0.6) is 5.75 Å². The van der Waals surface area contributed by atoms with Gasteiger partial charge in [0.15, 0.2) is 4.34 Å². The molecule has 1 aliphatic carbocycles. The molecule has 8 heteroatoms. The van der Waals surface area contributed by atoms with Crippen molar-refractivity contribution in [2.45, 2.75) is 48.6 Å². The van der Waals surface area contributed by atoms with Crippen LogP contribution in [0.25, 0.3) is 0 Å². The number of hydrogen-bond acceptors (Lipinski definition) is 7. The molecule has 1 atom stereocenters. The molecule has 0 radical (unpaired) electrons. The van der Waals surface area contributed by atoms with Crippen molar-refractivity contribution in [2.75, 3.05) is 19.0 Å². The van der Waals surface area contributed by atoms with Gasteiger partial charge in [-0.05, 0) is 37.8 Å². The monoisotopic (exact) mass is 406 g/mol. The van der Waals surface area contributed by atoms with E-state index in [1.54, 1.807) is 7.11 Å². The van der Waals surface area contributed by atoms with E-state index in [9.17, 15) is 4.79 Å². The van der Waals surface area contributed by atoms with Gasteiger partial charge in [0.25, 0.3) is 0 Å². The maximum Gasteiger partial charge on any atom is 0.233 e. The first-order valence-corrected chi connectivity index (χ1v) is 11.0. The number of rotatable bonds is 8. The number of benzene rings is 1. The van der Waals surface area contributed by atoms with Gasteiger partial charge in [-0.25, -0.2) is 0 Å². The second kappa shape index (κ2) is 9.94. The van der Waals surface area contributed by atoms with Gasteiger partial charge in [-0.1, -0.05) is 54.5 Å². The van der Waals surface area contributed by atoms with E-state index in [0.29, 0.717) is 11.0 Å². The summed E-state index contributed by atoms with van der Waals surface area (Å²) < 4.78 is 6.10. The summed E-state index contributed by atoms with van der Waals surface area (Å²) in [4.78, 5) is 12.4. The van der Waals surface area contributed by atoms with Crippen LogP contribution >= 0.6 is 23.1 Å². The minimum absolute atomic E-state index is 0.0695. The fourth-order valence-electron chi connectivity index (χ4n) is 3.16. The molecule has 2 N–H and O–H groups in total. The predicted molar refractivity (Wildman–Crippen MR) is 111 cm³/mol. The maximum absolute atomic E-state index is 12.4. The highest BCUT2D eigenvalue weighted by atomic mass is 32.2. The molecule has 2 aromatic rings. The van der Waals surface area contributed by atoms with Crippen LogP contribution in [-0.2, 0) is 4.79 Å². The summed E-state index contributed by atoms with van der Waals surface area (Å²) in [6, 6.07) is 7.66. The Balaban J connectivity index is 1.49. The summed E-state index contributed by atoms with van der Waals surface area (Å²) in [5.41, 5.74) is 0.839. The molecular formula is C19H26N4O2S2. The van der Waals surface area contributed by atoms with Crippen LogP contribution in [0.15, 0.2) is 28.6 Å². The molecule has 0 spiro atoms. The third kappa shape index (κ3) is 5.84. The SMILES string of the molecule is COc1ccccc1Nc1nnc(S[C@@H](C)C(=O)NCC2CCCCC2)s1. The molecule has 0 aliphatic heterocycles. The summed E-state index contributed by atoms with van der Waals surface area (Å²) in [6.45, 7) is 2.70. The number of aromatic nitrogens is 2. The number of hydrogen-bond donors (Lipinski definition) is 2. The fourth-order valence-corrected chi connectivity index (χ4v) is 5.09. The molecule has 1 amide bonds. The van der Waals surface area contributed by atoms with E-state index in [2.05, 4.69) is 20.8 Å². The standard InChI is InChI=1S/C19H26N4O2S2/c1-13(17(24)20-12-14-8-4-3-5-9-14)26-19-23-22-18(27-19)21-15-10-6-7-11-16(15)25-2/h6-7,10-11,13-14H,3-5,8-9,12H2,1-2H3,(H,20,24)(H,21,22)/t13-/m0/s1. The van der Waals surface area contributed by atoms with Crippen LogP contribution in [0.1, 0.15) is 39.0 Å². The molecule has 6 nitrogen and oxygen atoms in total. The Morgan fingerprint density at radius 2 is 2.07 bits per heavy atom. The van der Waals surface area contributed by atoms with Crippen LogP contribution in [0.4, 0.5) is 10.8 Å². The minimum atomic E-state index is -0.194. The largest absolute Gasteiger partial charge is 0.495 e. The zero-order valence-corrected chi connectivity index (χ0v) is 17.4. The third-order valence-electron chi connectivity index (χ3n) is 4.69. The van der Waals surface area contributed by atoms with Crippen molar-refractivity contribution in [3.05, 3.63) is 24.3 Å². The van der Waals surface area contributed by atoms with Gasteiger partial charge >= 0.3 is 0 Å². The number of anilines is 2. The normalized spacial score (nSPS) is 15.9. The van der Waals surface area contributed by atoms with E-state index < -0.39 is 0 Å². The summed E-state index contributed by atoms with van der Waals surface area (Å²) in [6.07, 6.45) is 6.38. The van der Waals surface area contributed by atoms with Crippen LogP contribution in [0, 0.1) is 5.92 Å². The number of para-hydroxylation sites is 2. The zero-order chi connectivity index (χ0) is 19.1. The lowest BCUT2D eigenvalue weighted by Crippen LogP contribution is -2.35. The lowest BCUT2D eigenvalue weighted by Gasteiger charge is -2.22. The number of thioether (sulfide) groups is 1. The molecule has 1 heterocycles. The van der Waals surface area contributed by atoms with Crippen LogP contribution in [0.2, 0.25) is 0 Å². The summed E-state index contributed by atoms with van der Waals surface area (Å²) >= 11 is 2.87. The van der Waals surface area contributed by atoms with E-state index in [1.165, 1.54) is 55.2 Å². The molecule has 0 saturated heterocycles. The molecule has 27 heavy (non-hydrogen) atoms. The van der Waals surface area contributed by atoms with Gasteiger partial charge in [-0.15, -0.1) is 10.2 Å². The smallest absolute Gasteiger partial charge is 0.233 e. The highest BCUT2D eigenvalue weighted by molar-refractivity contribution is 8.02. The summed E-state index contributed by atoms with van der Waals surface area (Å²) in [5, 5.41) is 15.2. The Bertz CT molecular complexity index is 747. The van der Waals surface area contributed by atoms with Crippen LogP contribution in [0.3, 0.4) is 0 Å². The Morgan fingerprint density at radius 1 is 1.30 bits per heavy atom. The first kappa shape index (κ1) is 19.9. The molecule has 3 rings (SSSR count). The second-order valence-electron chi connectivity index (χ2n) is 6.71. The number of carbonyl (C=O) groups is 1. The average molecular weight is 407 g/mol. The Kier molecular flexibility index (Phi) is 7.34. The molecular weight excluding hydrogens is 380 g/mol. The number of nitrogens with one attached hydrogen (secondary N) is 2. The van der Waals surface area contributed by atoms with Crippen molar-refractivity contribution in [3.63, 3.8) is 0 Å². The van der Waals surface area contributed by atoms with Crippen molar-refractivity contribution in [2.24, 2.45) is 5.92 Å². The van der Waals surface area contributed by atoms with E-state index in [4.69, 9.17) is 4.74 Å². The molecule has 1 aromatic heterocycles. The summed E-state index contributed by atoms with van der Waals surface area (Å²) in [5.74, 6) is 1.45. The number of nitrogens with zero attached hydrogens (tertiary/aromatic N) is 2. The van der Waals surface area contributed by atoms with E-state index in [0.717, 1.165) is 22.3 Å². The van der Waals surface area contributed by atoms with Crippen molar-refractivity contribution in [1.82, 2.24) is 15.5 Å². The first-order valence-electron chi connectivity index (χ1n) is 9.33. The molecule has 1 aromatic carbocycles. The van der Waals surface area contributed by atoms with Gasteiger partial charge in [-0.3, -0.25) is 4.79 Å². The van der Waals surface area contributed by atoms with Gasteiger partial charge in [0.05, 0.1) is 18.0 Å². The highest BCUT2D eigenvalue weighted by Gasteiger charge is 2.20. The number of amides is 1. The Labute approximate surface area is 168 Å². The van der Waals surface area contributed by atoms with Crippen LogP contribution < -0.4 is 15.4 Å². The van der Waals surface area contributed by atoms with Gasteiger partial charge in [0.2, 0.25) is 11.0 Å². The van der Waals surface area contributed by atoms with E-state index >= 15 is 0 Å². The second-order valence-corrected chi connectivity index (χ2v) is 9.27. The van der Waals surface area contributed by atoms with E-state index in [1.807, 2.05) is 31.2 Å². The number of carbonyl (C=O) groups excluding carboxylic acids is 1. The predicted octanol–water partition coefficient (Wildman–Crippen LogP) is 4.47. The quantitative estimate of drug-likeness (QED) is 0.630. The van der Waals surface area contributed by atoms with Crippen LogP contribution in [-0.4, -0.2) is 35.0 Å². The lowest BCUT2D eigenvalue weighted by atomic mass is 9.89. The lowest BCUT2D eigenvalue weighted by molar-refractivity contribution is -0.120. The molecule has 1 saturated carbocycles. The first-order chi connectivity index (χ1) is 13.2. The average Bonchev–Trinajstić information content (AvgIpc) is 3.14. The zero-order valence-electron chi connectivity index (χ0n) is 15.7. The third-order valence-corrected chi connectivity index (χ3v) is 6.71. The minimum Gasteiger partial charge on any atom is -0.495 e. The summed E-state index contributed by atoms with van der Waals surface area (Å²) in [7, 11) is 1.63. The molecule has 1 fully saturated rings. The Morgan fingerprint density at radius 3 is 2.85 bits per heavy atom. The van der Waals surface area contributed by atoms with E-state index in [-0.39, 0.29) is 11.2 Å². The number of ether oxygens (including phenoxy) is 1. The van der Waals surface area contributed by atoms with Gasteiger partial charge < -0.3 is 15.4 Å². The van der Waals surface area contributed by atoms with Gasteiger partial charge in [-0.2, -0.15) is 0 Å². The molecule has 146 valence electrons. The fraction of sp³-hybridized carbons (Fsp3) is 0.526. The van der Waals surface area contributed by atoms with Crippen molar-refractivity contribution in [3.8, 4) is 5.75 Å². The number of methoxy groups -OCH3 is 1.